The Hall–Kier alpha value is -2.34. The number of benzene rings is 2. The van der Waals surface area contributed by atoms with Gasteiger partial charge in [-0.3, -0.25) is 4.90 Å². The molecule has 4 rings (SSSR count). The predicted octanol–water partition coefficient (Wildman–Crippen LogP) is 4.43. The van der Waals surface area contributed by atoms with Crippen molar-refractivity contribution in [3.05, 3.63) is 72.8 Å². The van der Waals surface area contributed by atoms with Gasteiger partial charge in [0.1, 0.15) is 5.75 Å². The van der Waals surface area contributed by atoms with Crippen LogP contribution in [0.5, 0.6) is 5.75 Å². The van der Waals surface area contributed by atoms with Gasteiger partial charge in [0, 0.05) is 51.1 Å². The first-order valence-corrected chi connectivity index (χ1v) is 10.2. The summed E-state index contributed by atoms with van der Waals surface area (Å²) >= 11 is 0. The van der Waals surface area contributed by atoms with E-state index in [2.05, 4.69) is 59.4 Å². The number of ether oxygens (including phenoxy) is 3. The second kappa shape index (κ2) is 10.4. The lowest BCUT2D eigenvalue weighted by Crippen LogP contribution is -2.46. The average molecular weight is 397 g/mol. The molecular weight excluding hydrogens is 364 g/mol. The van der Waals surface area contributed by atoms with Crippen LogP contribution in [0.15, 0.2) is 61.7 Å². The molecular formula is C24H32N2O3. The van der Waals surface area contributed by atoms with Crippen molar-refractivity contribution < 1.29 is 14.2 Å². The maximum atomic E-state index is 6.11. The third kappa shape index (κ3) is 4.99. The van der Waals surface area contributed by atoms with E-state index in [1.165, 1.54) is 16.8 Å². The molecule has 0 N–H and O–H groups in total. The van der Waals surface area contributed by atoms with Crippen molar-refractivity contribution in [2.45, 2.75) is 18.8 Å². The molecule has 0 radical (unpaired) electrons. The van der Waals surface area contributed by atoms with Crippen LogP contribution in [0, 0.1) is 0 Å². The van der Waals surface area contributed by atoms with Crippen LogP contribution in [0.4, 0.5) is 5.69 Å². The highest BCUT2D eigenvalue weighted by molar-refractivity contribution is 5.49. The van der Waals surface area contributed by atoms with Gasteiger partial charge in [-0.05, 0) is 36.2 Å². The summed E-state index contributed by atoms with van der Waals surface area (Å²) in [5.41, 5.74) is 3.72. The fourth-order valence-electron chi connectivity index (χ4n) is 4.04. The van der Waals surface area contributed by atoms with Gasteiger partial charge in [0.2, 0.25) is 0 Å². The Morgan fingerprint density at radius 2 is 1.59 bits per heavy atom. The van der Waals surface area contributed by atoms with Gasteiger partial charge in [-0.15, -0.1) is 13.2 Å². The third-order valence-corrected chi connectivity index (χ3v) is 5.62. The van der Waals surface area contributed by atoms with Gasteiger partial charge in [0.25, 0.3) is 0 Å². The zero-order valence-corrected chi connectivity index (χ0v) is 17.5. The van der Waals surface area contributed by atoms with Crippen molar-refractivity contribution >= 4 is 5.69 Å². The normalized spacial score (nSPS) is 21.2. The molecule has 0 bridgehead atoms. The molecule has 2 aliphatic rings. The monoisotopic (exact) mass is 396 g/mol. The van der Waals surface area contributed by atoms with E-state index in [0.717, 1.165) is 44.9 Å². The molecule has 2 heterocycles. The minimum Gasteiger partial charge on any atom is -0.497 e. The van der Waals surface area contributed by atoms with Gasteiger partial charge >= 0.3 is 0 Å². The molecule has 2 atom stereocenters. The molecule has 5 nitrogen and oxygen atoms in total. The molecule has 29 heavy (non-hydrogen) atoms. The quantitative estimate of drug-likeness (QED) is 0.675. The molecule has 1 saturated heterocycles. The lowest BCUT2D eigenvalue weighted by molar-refractivity contribution is -0.144. The Morgan fingerprint density at radius 3 is 2.21 bits per heavy atom. The lowest BCUT2D eigenvalue weighted by Gasteiger charge is -2.36. The topological polar surface area (TPSA) is 34.2 Å². The minimum absolute atomic E-state index is 0.130. The van der Waals surface area contributed by atoms with Crippen molar-refractivity contribution in [2.75, 3.05) is 51.8 Å². The summed E-state index contributed by atoms with van der Waals surface area (Å²) in [6, 6.07) is 16.8. The van der Waals surface area contributed by atoms with Crippen LogP contribution in [0.25, 0.3) is 0 Å². The summed E-state index contributed by atoms with van der Waals surface area (Å²) in [6.07, 6.45) is 0.906. The van der Waals surface area contributed by atoms with Crippen LogP contribution in [-0.2, 0) is 9.47 Å². The van der Waals surface area contributed by atoms with Crippen molar-refractivity contribution in [2.24, 2.45) is 0 Å². The van der Waals surface area contributed by atoms with Crippen molar-refractivity contribution in [3.8, 4) is 5.75 Å². The van der Waals surface area contributed by atoms with Crippen LogP contribution in [0.1, 0.15) is 29.9 Å². The van der Waals surface area contributed by atoms with Crippen molar-refractivity contribution in [1.82, 2.24) is 4.90 Å². The van der Waals surface area contributed by atoms with E-state index in [0.29, 0.717) is 0 Å². The SMILES string of the molecule is C=C.COc1ccc(N2CCN(CCC3OC(OC)c4ccccc43)CC2)cc1. The maximum Gasteiger partial charge on any atom is 0.184 e. The third-order valence-electron chi connectivity index (χ3n) is 5.62. The van der Waals surface area contributed by atoms with E-state index in [1.54, 1.807) is 14.2 Å². The first kappa shape index (κ1) is 21.4. The number of hydrogen-bond donors (Lipinski definition) is 0. The Balaban J connectivity index is 0.00000117. The first-order valence-electron chi connectivity index (χ1n) is 10.2. The number of piperazine rings is 1. The molecule has 2 aromatic rings. The number of anilines is 1. The second-order valence-electron chi connectivity index (χ2n) is 7.14. The van der Waals surface area contributed by atoms with Gasteiger partial charge in [-0.2, -0.15) is 0 Å². The van der Waals surface area contributed by atoms with Crippen molar-refractivity contribution in [1.29, 1.82) is 0 Å². The van der Waals surface area contributed by atoms with Gasteiger partial charge in [-0.1, -0.05) is 24.3 Å². The minimum atomic E-state index is -0.224. The number of rotatable bonds is 6. The molecule has 0 amide bonds. The van der Waals surface area contributed by atoms with Crippen molar-refractivity contribution in [3.63, 3.8) is 0 Å². The fourth-order valence-corrected chi connectivity index (χ4v) is 4.04. The van der Waals surface area contributed by atoms with Crippen LogP contribution in [0.3, 0.4) is 0 Å². The largest absolute Gasteiger partial charge is 0.497 e. The van der Waals surface area contributed by atoms with Crippen LogP contribution in [0.2, 0.25) is 0 Å². The molecule has 0 saturated carbocycles. The summed E-state index contributed by atoms with van der Waals surface area (Å²) in [5.74, 6) is 0.906. The summed E-state index contributed by atoms with van der Waals surface area (Å²) in [5, 5.41) is 0. The Kier molecular flexibility index (Phi) is 7.69. The molecule has 0 spiro atoms. The van der Waals surface area contributed by atoms with Crippen LogP contribution in [-0.4, -0.2) is 51.8 Å². The fraction of sp³-hybridized carbons (Fsp3) is 0.417. The summed E-state index contributed by atoms with van der Waals surface area (Å²) < 4.78 is 16.8. The van der Waals surface area contributed by atoms with Crippen LogP contribution < -0.4 is 9.64 Å². The van der Waals surface area contributed by atoms with E-state index < -0.39 is 0 Å². The first-order chi connectivity index (χ1) is 14.3. The molecule has 5 heteroatoms. The van der Waals surface area contributed by atoms with Crippen LogP contribution >= 0.6 is 0 Å². The highest BCUT2D eigenvalue weighted by Gasteiger charge is 2.31. The maximum absolute atomic E-state index is 6.11. The molecule has 2 aliphatic heterocycles. The van der Waals surface area contributed by atoms with E-state index in [1.807, 2.05) is 12.1 Å². The zero-order chi connectivity index (χ0) is 20.6. The molecule has 0 aliphatic carbocycles. The Morgan fingerprint density at radius 1 is 0.931 bits per heavy atom. The van der Waals surface area contributed by atoms with Gasteiger partial charge in [-0.25, -0.2) is 0 Å². The molecule has 1 fully saturated rings. The number of hydrogen-bond acceptors (Lipinski definition) is 5. The average Bonchev–Trinajstić information content (AvgIpc) is 3.17. The number of fused-ring (bicyclic) bond motifs is 1. The van der Waals surface area contributed by atoms with Gasteiger partial charge in [0.05, 0.1) is 13.2 Å². The highest BCUT2D eigenvalue weighted by Crippen LogP contribution is 2.40. The van der Waals surface area contributed by atoms with E-state index >= 15 is 0 Å². The molecule has 2 aromatic carbocycles. The van der Waals surface area contributed by atoms with E-state index in [9.17, 15) is 0 Å². The highest BCUT2D eigenvalue weighted by atomic mass is 16.7. The molecule has 0 aromatic heterocycles. The molecule has 2 unspecified atom stereocenters. The second-order valence-corrected chi connectivity index (χ2v) is 7.14. The Bertz CT molecular complexity index is 757. The summed E-state index contributed by atoms with van der Waals surface area (Å²) in [7, 11) is 3.41. The predicted molar refractivity (Wildman–Crippen MR) is 118 cm³/mol. The van der Waals surface area contributed by atoms with Gasteiger partial charge in [0.15, 0.2) is 6.29 Å². The number of nitrogens with zero attached hydrogens (tertiary/aromatic N) is 2. The number of methoxy groups -OCH3 is 2. The summed E-state index contributed by atoms with van der Waals surface area (Å²) in [4.78, 5) is 4.98. The van der Waals surface area contributed by atoms with Gasteiger partial charge < -0.3 is 19.1 Å². The molecule has 156 valence electrons. The zero-order valence-electron chi connectivity index (χ0n) is 17.5. The standard InChI is InChI=1S/C22H28N2O3.C2H4/c1-25-18-9-7-17(8-10-18)24-15-13-23(14-16-24)12-11-21-19-5-3-4-6-20(19)22(26-2)27-21;1-2/h3-10,21-22H,11-16H2,1-2H3;1-2H2. The van der Waals surface area contributed by atoms with E-state index in [4.69, 9.17) is 14.2 Å². The van der Waals surface area contributed by atoms with E-state index in [-0.39, 0.29) is 12.4 Å². The summed E-state index contributed by atoms with van der Waals surface area (Å²) in [6.45, 7) is 11.3. The Labute approximate surface area is 174 Å². The lowest BCUT2D eigenvalue weighted by atomic mass is 10.0. The smallest absolute Gasteiger partial charge is 0.184 e.